The molecule has 3 nitrogen and oxygen atoms in total. The monoisotopic (exact) mass is 192 g/mol. The van der Waals surface area contributed by atoms with Gasteiger partial charge < -0.3 is 10.2 Å². The van der Waals surface area contributed by atoms with Crippen molar-refractivity contribution >= 4 is 5.97 Å². The molecule has 0 aliphatic rings. The van der Waals surface area contributed by atoms with Crippen LogP contribution in [0.1, 0.15) is 12.0 Å². The molecular weight excluding hydrogens is 180 g/mol. The van der Waals surface area contributed by atoms with Crippen LogP contribution in [0, 0.1) is 0 Å². The van der Waals surface area contributed by atoms with E-state index in [1.807, 2.05) is 6.07 Å². The third-order valence-electron chi connectivity index (χ3n) is 1.93. The van der Waals surface area contributed by atoms with Gasteiger partial charge in [0.05, 0.1) is 0 Å². The molecular formula is C11H12O3. The third-order valence-corrected chi connectivity index (χ3v) is 1.93. The summed E-state index contributed by atoms with van der Waals surface area (Å²) in [6.45, 7) is 3.43. The summed E-state index contributed by atoms with van der Waals surface area (Å²) in [5.41, 5.74) is 1.10. The lowest BCUT2D eigenvalue weighted by Gasteiger charge is -2.01. The van der Waals surface area contributed by atoms with E-state index in [-0.39, 0.29) is 11.3 Å². The maximum atomic E-state index is 10.4. The first-order chi connectivity index (χ1) is 6.59. The molecule has 0 fully saturated rings. The minimum Gasteiger partial charge on any atom is -0.508 e. The van der Waals surface area contributed by atoms with Crippen molar-refractivity contribution in [1.29, 1.82) is 0 Å². The number of rotatable bonds is 4. The number of phenols is 1. The Bertz CT molecular complexity index is 355. The quantitative estimate of drug-likeness (QED) is 0.717. The van der Waals surface area contributed by atoms with Gasteiger partial charge in [-0.05, 0) is 30.5 Å². The number of aliphatic carboxylic acids is 1. The largest absolute Gasteiger partial charge is 0.508 e. The lowest BCUT2D eigenvalue weighted by Crippen LogP contribution is -2.00. The van der Waals surface area contributed by atoms with Crippen molar-refractivity contribution in [3.63, 3.8) is 0 Å². The summed E-state index contributed by atoms with van der Waals surface area (Å²) < 4.78 is 0. The molecule has 1 aromatic carbocycles. The molecule has 1 aromatic rings. The van der Waals surface area contributed by atoms with Gasteiger partial charge in [0.2, 0.25) is 0 Å². The molecule has 0 saturated carbocycles. The number of aryl methyl sites for hydroxylation is 1. The first-order valence-corrected chi connectivity index (χ1v) is 4.28. The topological polar surface area (TPSA) is 57.5 Å². The molecule has 0 spiro atoms. The number of carboxylic acids is 1. The van der Waals surface area contributed by atoms with E-state index in [0.29, 0.717) is 12.8 Å². The van der Waals surface area contributed by atoms with E-state index < -0.39 is 5.97 Å². The molecule has 74 valence electrons. The van der Waals surface area contributed by atoms with E-state index in [1.54, 1.807) is 18.2 Å². The summed E-state index contributed by atoms with van der Waals surface area (Å²) in [4.78, 5) is 10.4. The van der Waals surface area contributed by atoms with Crippen molar-refractivity contribution in [2.45, 2.75) is 12.8 Å². The third kappa shape index (κ3) is 2.94. The Morgan fingerprint density at radius 1 is 1.43 bits per heavy atom. The predicted molar refractivity (Wildman–Crippen MR) is 53.2 cm³/mol. The van der Waals surface area contributed by atoms with Crippen LogP contribution >= 0.6 is 0 Å². The number of hydrogen-bond donors (Lipinski definition) is 2. The summed E-state index contributed by atoms with van der Waals surface area (Å²) in [6, 6.07) is 6.77. The maximum absolute atomic E-state index is 10.4. The van der Waals surface area contributed by atoms with Crippen LogP contribution in [-0.4, -0.2) is 16.2 Å². The maximum Gasteiger partial charge on any atom is 0.330 e. The van der Waals surface area contributed by atoms with Gasteiger partial charge >= 0.3 is 5.97 Å². The lowest BCUT2D eigenvalue weighted by molar-refractivity contribution is -0.132. The number of aromatic hydroxyl groups is 1. The zero-order valence-electron chi connectivity index (χ0n) is 7.73. The zero-order chi connectivity index (χ0) is 10.6. The second kappa shape index (κ2) is 4.46. The molecule has 0 aromatic heterocycles. The summed E-state index contributed by atoms with van der Waals surface area (Å²) in [5, 5.41) is 17.7. The van der Waals surface area contributed by atoms with Gasteiger partial charge in [-0.3, -0.25) is 0 Å². The van der Waals surface area contributed by atoms with Gasteiger partial charge in [0.15, 0.2) is 0 Å². The Balaban J connectivity index is 2.54. The summed E-state index contributed by atoms with van der Waals surface area (Å²) >= 11 is 0. The van der Waals surface area contributed by atoms with E-state index in [4.69, 9.17) is 10.2 Å². The average molecular weight is 192 g/mol. The Kier molecular flexibility index (Phi) is 3.29. The summed E-state index contributed by atoms with van der Waals surface area (Å²) in [7, 11) is 0. The average Bonchev–Trinajstić information content (AvgIpc) is 2.14. The van der Waals surface area contributed by atoms with Gasteiger partial charge in [0.1, 0.15) is 5.75 Å². The Morgan fingerprint density at radius 3 is 2.71 bits per heavy atom. The van der Waals surface area contributed by atoms with Crippen molar-refractivity contribution in [2.75, 3.05) is 0 Å². The van der Waals surface area contributed by atoms with Gasteiger partial charge in [0.25, 0.3) is 0 Å². The molecule has 1 rings (SSSR count). The normalized spacial score (nSPS) is 9.71. The molecule has 0 atom stereocenters. The Morgan fingerprint density at radius 2 is 2.14 bits per heavy atom. The SMILES string of the molecule is C=C(CCc1cccc(O)c1)C(=O)O. The van der Waals surface area contributed by atoms with Gasteiger partial charge in [-0.15, -0.1) is 0 Å². The van der Waals surface area contributed by atoms with Gasteiger partial charge in [-0.25, -0.2) is 4.79 Å². The van der Waals surface area contributed by atoms with E-state index in [2.05, 4.69) is 6.58 Å². The fourth-order valence-electron chi connectivity index (χ4n) is 1.11. The number of benzene rings is 1. The summed E-state index contributed by atoms with van der Waals surface area (Å²) in [6.07, 6.45) is 0.984. The van der Waals surface area contributed by atoms with Crippen LogP contribution in [0.15, 0.2) is 36.4 Å². The first kappa shape index (κ1) is 10.3. The molecule has 2 N–H and O–H groups in total. The number of phenolic OH excluding ortho intramolecular Hbond substituents is 1. The van der Waals surface area contributed by atoms with E-state index in [9.17, 15) is 4.79 Å². The standard InChI is InChI=1S/C11H12O3/c1-8(11(13)14)5-6-9-3-2-4-10(12)7-9/h2-4,7,12H,1,5-6H2,(H,13,14). The first-order valence-electron chi connectivity index (χ1n) is 4.28. The molecule has 0 amide bonds. The van der Waals surface area contributed by atoms with Crippen LogP contribution in [0.3, 0.4) is 0 Å². The highest BCUT2D eigenvalue weighted by molar-refractivity contribution is 5.85. The molecule has 0 radical (unpaired) electrons. The Hall–Kier alpha value is -1.77. The highest BCUT2D eigenvalue weighted by atomic mass is 16.4. The molecule has 0 bridgehead atoms. The second-order valence-electron chi connectivity index (χ2n) is 3.08. The smallest absolute Gasteiger partial charge is 0.330 e. The van der Waals surface area contributed by atoms with E-state index >= 15 is 0 Å². The fraction of sp³-hybridized carbons (Fsp3) is 0.182. The van der Waals surface area contributed by atoms with E-state index in [1.165, 1.54) is 0 Å². The lowest BCUT2D eigenvalue weighted by atomic mass is 10.1. The minimum atomic E-state index is -0.967. The van der Waals surface area contributed by atoms with Crippen LogP contribution < -0.4 is 0 Å². The van der Waals surface area contributed by atoms with Gasteiger partial charge in [-0.2, -0.15) is 0 Å². The highest BCUT2D eigenvalue weighted by Gasteiger charge is 2.03. The van der Waals surface area contributed by atoms with Crippen LogP contribution in [0.4, 0.5) is 0 Å². The zero-order valence-corrected chi connectivity index (χ0v) is 7.73. The van der Waals surface area contributed by atoms with Crippen molar-refractivity contribution in [3.8, 4) is 5.75 Å². The van der Waals surface area contributed by atoms with Crippen molar-refractivity contribution in [2.24, 2.45) is 0 Å². The van der Waals surface area contributed by atoms with Gasteiger partial charge in [-0.1, -0.05) is 18.7 Å². The number of carboxylic acid groups (broad SMARTS) is 1. The van der Waals surface area contributed by atoms with Crippen molar-refractivity contribution < 1.29 is 15.0 Å². The molecule has 0 heterocycles. The van der Waals surface area contributed by atoms with E-state index in [0.717, 1.165) is 5.56 Å². The highest BCUT2D eigenvalue weighted by Crippen LogP contribution is 2.14. The second-order valence-corrected chi connectivity index (χ2v) is 3.08. The summed E-state index contributed by atoms with van der Waals surface area (Å²) in [5.74, 6) is -0.770. The van der Waals surface area contributed by atoms with Crippen molar-refractivity contribution in [1.82, 2.24) is 0 Å². The molecule has 0 aliphatic carbocycles. The van der Waals surface area contributed by atoms with Crippen LogP contribution in [0.5, 0.6) is 5.75 Å². The van der Waals surface area contributed by atoms with Crippen molar-refractivity contribution in [3.05, 3.63) is 42.0 Å². The minimum absolute atomic E-state index is 0.188. The number of hydrogen-bond acceptors (Lipinski definition) is 2. The fourth-order valence-corrected chi connectivity index (χ4v) is 1.11. The Labute approximate surface area is 82.3 Å². The van der Waals surface area contributed by atoms with Crippen LogP contribution in [0.2, 0.25) is 0 Å². The molecule has 0 aliphatic heterocycles. The van der Waals surface area contributed by atoms with Crippen LogP contribution in [0.25, 0.3) is 0 Å². The molecule has 0 unspecified atom stereocenters. The molecule has 14 heavy (non-hydrogen) atoms. The number of carbonyl (C=O) groups is 1. The predicted octanol–water partition coefficient (Wildman–Crippen LogP) is 1.97. The van der Waals surface area contributed by atoms with Crippen LogP contribution in [-0.2, 0) is 11.2 Å². The van der Waals surface area contributed by atoms with Gasteiger partial charge in [0, 0.05) is 5.57 Å². The molecule has 3 heteroatoms. The molecule has 0 saturated heterocycles.